The molecule has 1 atom stereocenters. The third-order valence-corrected chi connectivity index (χ3v) is 6.90. The Kier molecular flexibility index (Phi) is 5.96. The van der Waals surface area contributed by atoms with Crippen molar-refractivity contribution in [2.45, 2.75) is 6.04 Å². The molecule has 0 saturated heterocycles. The lowest BCUT2D eigenvalue weighted by Gasteiger charge is -2.24. The van der Waals surface area contributed by atoms with E-state index in [0.717, 1.165) is 10.3 Å². The second-order valence-corrected chi connectivity index (χ2v) is 9.49. The maximum atomic E-state index is 13.3. The zero-order valence-corrected chi connectivity index (χ0v) is 19.8. The second kappa shape index (κ2) is 9.06. The van der Waals surface area contributed by atoms with E-state index in [1.165, 1.54) is 22.3 Å². The molecule has 5 rings (SSSR count). The largest absolute Gasteiger partial charge is 0.503 e. The van der Waals surface area contributed by atoms with Gasteiger partial charge in [0.25, 0.3) is 5.91 Å². The summed E-state index contributed by atoms with van der Waals surface area (Å²) in [5.74, 6) is -1.79. The van der Waals surface area contributed by atoms with Crippen molar-refractivity contribution in [3.05, 3.63) is 111 Å². The molecule has 1 unspecified atom stereocenters. The van der Waals surface area contributed by atoms with E-state index >= 15 is 0 Å². The third-order valence-electron chi connectivity index (χ3n) is 5.41. The van der Waals surface area contributed by atoms with Crippen LogP contribution < -0.4 is 4.90 Å². The topological polar surface area (TPSA) is 70.5 Å². The zero-order chi connectivity index (χ0) is 23.8. The number of nitrogens with zero attached hydrogens (tertiary/aromatic N) is 2. The molecule has 0 radical (unpaired) electrons. The van der Waals surface area contributed by atoms with Crippen molar-refractivity contribution in [2.24, 2.45) is 0 Å². The Morgan fingerprint density at radius 1 is 1.00 bits per heavy atom. The van der Waals surface area contributed by atoms with Gasteiger partial charge in [0.15, 0.2) is 16.7 Å². The third kappa shape index (κ3) is 4.12. The molecule has 1 aromatic heterocycles. The van der Waals surface area contributed by atoms with Gasteiger partial charge in [-0.25, -0.2) is 4.98 Å². The van der Waals surface area contributed by atoms with Gasteiger partial charge in [-0.3, -0.25) is 14.5 Å². The lowest BCUT2D eigenvalue weighted by atomic mass is 9.96. The summed E-state index contributed by atoms with van der Waals surface area (Å²) >= 11 is 13.6. The first-order chi connectivity index (χ1) is 16.4. The predicted molar refractivity (Wildman–Crippen MR) is 136 cm³/mol. The molecule has 0 saturated carbocycles. The highest BCUT2D eigenvalue weighted by atomic mass is 35.5. The van der Waals surface area contributed by atoms with E-state index in [4.69, 9.17) is 23.2 Å². The Labute approximate surface area is 209 Å². The van der Waals surface area contributed by atoms with Gasteiger partial charge in [0.05, 0.1) is 21.8 Å². The standard InChI is InChI=1S/C26H16Cl2N2O3S/c27-17-8-4-7-16(13-17)23-22(20(31)12-9-15-5-2-1-3-6-15)24(32)25(33)30(23)26-29-19-11-10-18(28)14-21(19)34-26/h1-14,23,32H. The number of anilines is 1. The quantitative estimate of drug-likeness (QED) is 0.302. The van der Waals surface area contributed by atoms with E-state index in [1.54, 1.807) is 48.5 Å². The van der Waals surface area contributed by atoms with Crippen LogP contribution in [0.5, 0.6) is 0 Å². The number of carbonyl (C=O) groups is 2. The fourth-order valence-corrected chi connectivity index (χ4v) is 5.33. The van der Waals surface area contributed by atoms with Crippen molar-refractivity contribution in [1.29, 1.82) is 0 Å². The maximum absolute atomic E-state index is 13.3. The first-order valence-corrected chi connectivity index (χ1v) is 11.9. The van der Waals surface area contributed by atoms with E-state index < -0.39 is 23.5 Å². The number of aromatic nitrogens is 1. The molecule has 0 bridgehead atoms. The first-order valence-electron chi connectivity index (χ1n) is 10.3. The van der Waals surface area contributed by atoms with Crippen molar-refractivity contribution in [2.75, 3.05) is 4.90 Å². The predicted octanol–water partition coefficient (Wildman–Crippen LogP) is 6.79. The summed E-state index contributed by atoms with van der Waals surface area (Å²) in [6, 6.07) is 20.5. The van der Waals surface area contributed by atoms with Gasteiger partial charge in [-0.1, -0.05) is 83.1 Å². The van der Waals surface area contributed by atoms with Crippen LogP contribution in [0.1, 0.15) is 17.2 Å². The van der Waals surface area contributed by atoms with Crippen molar-refractivity contribution in [3.8, 4) is 0 Å². The summed E-state index contributed by atoms with van der Waals surface area (Å²) < 4.78 is 0.781. The maximum Gasteiger partial charge on any atom is 0.296 e. The fraction of sp³-hybridized carbons (Fsp3) is 0.0385. The number of ketones is 1. The number of aliphatic hydroxyl groups excluding tert-OH is 1. The molecule has 8 heteroatoms. The summed E-state index contributed by atoms with van der Waals surface area (Å²) in [4.78, 5) is 32.5. The molecule has 168 valence electrons. The van der Waals surface area contributed by atoms with Gasteiger partial charge in [0.2, 0.25) is 0 Å². The Morgan fingerprint density at radius 3 is 2.53 bits per heavy atom. The van der Waals surface area contributed by atoms with E-state index in [9.17, 15) is 14.7 Å². The summed E-state index contributed by atoms with van der Waals surface area (Å²) in [5.41, 5.74) is 2.03. The number of rotatable bonds is 5. The number of halogens is 2. The highest BCUT2D eigenvalue weighted by molar-refractivity contribution is 7.22. The average molecular weight is 507 g/mol. The molecule has 2 heterocycles. The molecule has 0 aliphatic carbocycles. The molecule has 1 amide bonds. The lowest BCUT2D eigenvalue weighted by Crippen LogP contribution is -2.30. The molecule has 34 heavy (non-hydrogen) atoms. The Morgan fingerprint density at radius 2 is 1.76 bits per heavy atom. The smallest absolute Gasteiger partial charge is 0.296 e. The van der Waals surface area contributed by atoms with Crippen molar-refractivity contribution < 1.29 is 14.7 Å². The SMILES string of the molecule is O=C(C=Cc1ccccc1)C1=C(O)C(=O)N(c2nc3ccc(Cl)cc3s2)C1c1cccc(Cl)c1. The van der Waals surface area contributed by atoms with Crippen LogP contribution in [0.2, 0.25) is 10.0 Å². The fourth-order valence-electron chi connectivity index (χ4n) is 3.86. The van der Waals surface area contributed by atoms with E-state index in [-0.39, 0.29) is 5.57 Å². The van der Waals surface area contributed by atoms with Crippen molar-refractivity contribution in [3.63, 3.8) is 0 Å². The molecule has 1 aliphatic rings. The molecule has 1 N–H and O–H groups in total. The average Bonchev–Trinajstić information content (AvgIpc) is 3.36. The summed E-state index contributed by atoms with van der Waals surface area (Å²) in [6.45, 7) is 0. The number of amides is 1. The highest BCUT2D eigenvalue weighted by Crippen LogP contribution is 2.44. The van der Waals surface area contributed by atoms with Gasteiger partial charge in [0.1, 0.15) is 0 Å². The van der Waals surface area contributed by atoms with Crippen molar-refractivity contribution >= 4 is 67.7 Å². The summed E-state index contributed by atoms with van der Waals surface area (Å²) in [7, 11) is 0. The summed E-state index contributed by atoms with van der Waals surface area (Å²) in [5, 5.41) is 12.2. The van der Waals surface area contributed by atoms with Gasteiger partial charge >= 0.3 is 0 Å². The van der Waals surface area contributed by atoms with Crippen LogP contribution in [0.4, 0.5) is 5.13 Å². The van der Waals surface area contributed by atoms with Crippen LogP contribution in [0.3, 0.4) is 0 Å². The minimum Gasteiger partial charge on any atom is -0.503 e. The normalized spacial score (nSPS) is 16.2. The Hall–Kier alpha value is -3.45. The van der Waals surface area contributed by atoms with Gasteiger partial charge in [-0.2, -0.15) is 0 Å². The van der Waals surface area contributed by atoms with Crippen LogP contribution in [0, 0.1) is 0 Å². The van der Waals surface area contributed by atoms with Gasteiger partial charge in [0, 0.05) is 10.0 Å². The van der Waals surface area contributed by atoms with Crippen LogP contribution in [0.25, 0.3) is 16.3 Å². The second-order valence-electron chi connectivity index (χ2n) is 7.61. The molecule has 5 nitrogen and oxygen atoms in total. The number of carbonyl (C=O) groups excluding carboxylic acids is 2. The minimum absolute atomic E-state index is 0.0308. The monoisotopic (exact) mass is 506 g/mol. The number of hydrogen-bond donors (Lipinski definition) is 1. The zero-order valence-electron chi connectivity index (χ0n) is 17.5. The lowest BCUT2D eigenvalue weighted by molar-refractivity contribution is -0.117. The van der Waals surface area contributed by atoms with E-state index in [2.05, 4.69) is 4.98 Å². The highest BCUT2D eigenvalue weighted by Gasteiger charge is 2.45. The number of thiazole rings is 1. The Balaban J connectivity index is 1.61. The van der Waals surface area contributed by atoms with Crippen LogP contribution in [-0.4, -0.2) is 21.8 Å². The number of benzene rings is 3. The molecule has 3 aromatic carbocycles. The number of allylic oxidation sites excluding steroid dienone is 1. The van der Waals surface area contributed by atoms with E-state index in [0.29, 0.717) is 26.3 Å². The molecule has 0 fully saturated rings. The van der Waals surface area contributed by atoms with Gasteiger partial charge in [-0.15, -0.1) is 0 Å². The number of hydrogen-bond acceptors (Lipinski definition) is 5. The molecule has 1 aliphatic heterocycles. The number of fused-ring (bicyclic) bond motifs is 1. The molecular weight excluding hydrogens is 491 g/mol. The molecule has 0 spiro atoms. The Bertz CT molecular complexity index is 1490. The first kappa shape index (κ1) is 22.3. The van der Waals surface area contributed by atoms with E-state index in [1.807, 2.05) is 30.3 Å². The van der Waals surface area contributed by atoms with Gasteiger partial charge < -0.3 is 5.11 Å². The van der Waals surface area contributed by atoms with Crippen LogP contribution in [-0.2, 0) is 9.59 Å². The molecular formula is C26H16Cl2N2O3S. The van der Waals surface area contributed by atoms with Crippen LogP contribution in [0.15, 0.2) is 90.2 Å². The van der Waals surface area contributed by atoms with Gasteiger partial charge in [-0.05, 0) is 47.5 Å². The van der Waals surface area contributed by atoms with Crippen molar-refractivity contribution in [1.82, 2.24) is 4.98 Å². The number of aliphatic hydroxyl groups is 1. The summed E-state index contributed by atoms with van der Waals surface area (Å²) in [6.07, 6.45) is 3.00. The minimum atomic E-state index is -0.893. The van der Waals surface area contributed by atoms with Crippen LogP contribution >= 0.6 is 34.5 Å². The molecule has 4 aromatic rings.